The van der Waals surface area contributed by atoms with E-state index in [1.54, 1.807) is 0 Å². The summed E-state index contributed by atoms with van der Waals surface area (Å²) in [6, 6.07) is 8.25. The lowest BCUT2D eigenvalue weighted by Crippen LogP contribution is -2.36. The Labute approximate surface area is 152 Å². The second kappa shape index (κ2) is 6.67. The summed E-state index contributed by atoms with van der Waals surface area (Å²) in [4.78, 5) is 31.6. The maximum Gasteiger partial charge on any atom is 0.323 e. The van der Waals surface area contributed by atoms with Gasteiger partial charge < -0.3 is 14.8 Å². The lowest BCUT2D eigenvalue weighted by atomic mass is 9.99. The van der Waals surface area contributed by atoms with Crippen LogP contribution < -0.4 is 10.9 Å². The number of aromatic nitrogens is 3. The van der Waals surface area contributed by atoms with Crippen molar-refractivity contribution in [2.45, 2.75) is 25.2 Å². The maximum absolute atomic E-state index is 14.7. The van der Waals surface area contributed by atoms with Gasteiger partial charge in [-0.05, 0) is 12.1 Å². The van der Waals surface area contributed by atoms with Gasteiger partial charge in [-0.15, -0.1) is 0 Å². The van der Waals surface area contributed by atoms with Crippen LogP contribution in [0.3, 0.4) is 0 Å². The number of nitrogens with zero attached hydrogens (tertiary/aromatic N) is 3. The number of oxazole rings is 1. The molecule has 3 heterocycles. The zero-order valence-electron chi connectivity index (χ0n) is 14.0. The first-order valence-corrected chi connectivity index (χ1v) is 8.25. The van der Waals surface area contributed by atoms with Crippen LogP contribution in [0.15, 0.2) is 52.1 Å². The first-order chi connectivity index (χ1) is 13.0. The molecule has 2 atom stereocenters. The molecule has 0 amide bonds. The molecule has 2 aromatic heterocycles. The molecule has 9 heteroatoms. The fourth-order valence-corrected chi connectivity index (χ4v) is 3.02. The fraction of sp³-hybridized carbons (Fsp3) is 0.222. The predicted molar refractivity (Wildman–Crippen MR) is 93.0 cm³/mol. The number of aliphatic carboxylic acids is 1. The van der Waals surface area contributed by atoms with Gasteiger partial charge in [0.15, 0.2) is 0 Å². The highest BCUT2D eigenvalue weighted by atomic mass is 19.1. The first-order valence-electron chi connectivity index (χ1n) is 8.25. The van der Waals surface area contributed by atoms with Crippen molar-refractivity contribution in [2.75, 3.05) is 5.32 Å². The molecule has 0 bridgehead atoms. The molecule has 8 nitrogen and oxygen atoms in total. The molecule has 0 saturated heterocycles. The van der Waals surface area contributed by atoms with Gasteiger partial charge in [-0.1, -0.05) is 18.2 Å². The fourth-order valence-electron chi connectivity index (χ4n) is 3.02. The van der Waals surface area contributed by atoms with E-state index in [2.05, 4.69) is 15.3 Å². The predicted octanol–water partition coefficient (Wildman–Crippen LogP) is 2.03. The minimum absolute atomic E-state index is 0.0790. The molecule has 0 aliphatic carbocycles. The van der Waals surface area contributed by atoms with Gasteiger partial charge in [0, 0.05) is 12.0 Å². The first kappa shape index (κ1) is 17.0. The monoisotopic (exact) mass is 370 g/mol. The quantitative estimate of drug-likeness (QED) is 0.723. The van der Waals surface area contributed by atoms with Crippen LogP contribution in [0.2, 0.25) is 0 Å². The van der Waals surface area contributed by atoms with Crippen LogP contribution in [-0.2, 0) is 17.8 Å². The molecule has 0 fully saturated rings. The standard InChI is InChI=1S/C18H15FN4O4/c19-11-6-12-16(18(26)23(9-21-12)8-14(24)25)22-15(11)13-7-20-17(27-13)10-4-2-1-3-5-10/h1-5,7,9,11,15,22H,6,8H2,(H,24,25). The molecule has 1 aromatic carbocycles. The highest BCUT2D eigenvalue weighted by Gasteiger charge is 2.34. The van der Waals surface area contributed by atoms with Gasteiger partial charge in [0.2, 0.25) is 5.89 Å². The van der Waals surface area contributed by atoms with Gasteiger partial charge in [0.1, 0.15) is 30.2 Å². The third-order valence-corrected chi connectivity index (χ3v) is 4.32. The van der Waals surface area contributed by atoms with Gasteiger partial charge in [-0.2, -0.15) is 0 Å². The van der Waals surface area contributed by atoms with E-state index < -0.39 is 30.3 Å². The van der Waals surface area contributed by atoms with E-state index in [1.807, 2.05) is 30.3 Å². The van der Waals surface area contributed by atoms with E-state index >= 15 is 0 Å². The molecular weight excluding hydrogens is 355 g/mol. The lowest BCUT2D eigenvalue weighted by Gasteiger charge is -2.27. The summed E-state index contributed by atoms with van der Waals surface area (Å²) < 4.78 is 21.3. The molecule has 4 rings (SSSR count). The normalized spacial score (nSPS) is 18.6. The molecular formula is C18H15FN4O4. The second-order valence-electron chi connectivity index (χ2n) is 6.17. The van der Waals surface area contributed by atoms with Gasteiger partial charge in [-0.3, -0.25) is 14.2 Å². The number of carboxylic acids is 1. The minimum Gasteiger partial charge on any atom is -0.480 e. The van der Waals surface area contributed by atoms with E-state index in [4.69, 9.17) is 9.52 Å². The third-order valence-electron chi connectivity index (χ3n) is 4.32. The summed E-state index contributed by atoms with van der Waals surface area (Å²) in [5.74, 6) is -0.572. The van der Waals surface area contributed by atoms with Crippen molar-refractivity contribution in [1.82, 2.24) is 14.5 Å². The van der Waals surface area contributed by atoms with Crippen LogP contribution in [0.4, 0.5) is 10.1 Å². The number of anilines is 1. The Hall–Kier alpha value is -3.49. The van der Waals surface area contributed by atoms with E-state index in [9.17, 15) is 14.0 Å². The van der Waals surface area contributed by atoms with Crippen LogP contribution in [0, 0.1) is 0 Å². The molecule has 0 spiro atoms. The molecule has 0 saturated carbocycles. The Kier molecular flexibility index (Phi) is 4.19. The van der Waals surface area contributed by atoms with Crippen molar-refractivity contribution in [3.63, 3.8) is 0 Å². The summed E-state index contributed by atoms with van der Waals surface area (Å²) in [6.45, 7) is -0.523. The molecule has 27 heavy (non-hydrogen) atoms. The van der Waals surface area contributed by atoms with Crippen LogP contribution in [0.25, 0.3) is 11.5 Å². The summed E-state index contributed by atoms with van der Waals surface area (Å²) in [5.41, 5.74) is 0.520. The Morgan fingerprint density at radius 3 is 2.85 bits per heavy atom. The molecule has 1 aliphatic rings. The van der Waals surface area contributed by atoms with E-state index in [0.29, 0.717) is 5.89 Å². The largest absolute Gasteiger partial charge is 0.480 e. The molecule has 3 aromatic rings. The second-order valence-corrected chi connectivity index (χ2v) is 6.17. The number of benzene rings is 1. The number of hydrogen-bond donors (Lipinski definition) is 2. The smallest absolute Gasteiger partial charge is 0.323 e. The van der Waals surface area contributed by atoms with E-state index in [-0.39, 0.29) is 23.6 Å². The SMILES string of the molecule is O=C(O)Cn1cnc2c(c1=O)NC(c1cnc(-c3ccccc3)o1)C(F)C2. The van der Waals surface area contributed by atoms with Crippen LogP contribution in [-0.4, -0.2) is 31.8 Å². The Bertz CT molecular complexity index is 1050. The number of rotatable bonds is 4. The maximum atomic E-state index is 14.7. The summed E-state index contributed by atoms with van der Waals surface area (Å²) in [7, 11) is 0. The summed E-state index contributed by atoms with van der Waals surface area (Å²) in [6.07, 6.45) is 1.07. The van der Waals surface area contributed by atoms with E-state index in [1.165, 1.54) is 6.20 Å². The number of carbonyl (C=O) groups is 1. The van der Waals surface area contributed by atoms with Crippen LogP contribution in [0.5, 0.6) is 0 Å². The van der Waals surface area contributed by atoms with E-state index in [0.717, 1.165) is 16.5 Å². The number of halogens is 1. The molecule has 138 valence electrons. The highest BCUT2D eigenvalue weighted by Crippen LogP contribution is 2.33. The summed E-state index contributed by atoms with van der Waals surface area (Å²) >= 11 is 0. The van der Waals surface area contributed by atoms with Crippen molar-refractivity contribution in [2.24, 2.45) is 0 Å². The van der Waals surface area contributed by atoms with Crippen LogP contribution >= 0.6 is 0 Å². The van der Waals surface area contributed by atoms with Crippen LogP contribution in [0.1, 0.15) is 17.5 Å². The number of alkyl halides is 1. The molecule has 2 N–H and O–H groups in total. The molecule has 0 radical (unpaired) electrons. The van der Waals surface area contributed by atoms with Crippen molar-refractivity contribution in [3.8, 4) is 11.5 Å². The zero-order valence-corrected chi connectivity index (χ0v) is 14.0. The highest BCUT2D eigenvalue weighted by molar-refractivity contribution is 5.66. The van der Waals surface area contributed by atoms with Gasteiger partial charge in [0.05, 0.1) is 18.2 Å². The van der Waals surface area contributed by atoms with Crippen molar-refractivity contribution >= 4 is 11.7 Å². The van der Waals surface area contributed by atoms with Crippen molar-refractivity contribution in [3.05, 3.63) is 64.7 Å². The Balaban J connectivity index is 1.66. The molecule has 2 unspecified atom stereocenters. The molecule has 1 aliphatic heterocycles. The Morgan fingerprint density at radius 1 is 1.33 bits per heavy atom. The van der Waals surface area contributed by atoms with Crippen molar-refractivity contribution in [1.29, 1.82) is 0 Å². The topological polar surface area (TPSA) is 110 Å². The Morgan fingerprint density at radius 2 is 2.11 bits per heavy atom. The average molecular weight is 370 g/mol. The van der Waals surface area contributed by atoms with Gasteiger partial charge in [0.25, 0.3) is 5.56 Å². The average Bonchev–Trinajstić information content (AvgIpc) is 3.14. The number of fused-ring (bicyclic) bond motifs is 1. The third kappa shape index (κ3) is 3.19. The number of carboxylic acid groups (broad SMARTS) is 1. The zero-order chi connectivity index (χ0) is 19.0. The van der Waals surface area contributed by atoms with Crippen molar-refractivity contribution < 1.29 is 18.7 Å². The van der Waals surface area contributed by atoms with Gasteiger partial charge in [-0.25, -0.2) is 14.4 Å². The lowest BCUT2D eigenvalue weighted by molar-refractivity contribution is -0.137. The summed E-state index contributed by atoms with van der Waals surface area (Å²) in [5, 5.41) is 11.7. The number of nitrogens with one attached hydrogen (secondary N) is 1. The van der Waals surface area contributed by atoms with Gasteiger partial charge >= 0.3 is 5.97 Å². The number of hydrogen-bond acceptors (Lipinski definition) is 6. The minimum atomic E-state index is -1.38.